The molecule has 4 rings (SSSR count). The molecule has 34 heavy (non-hydrogen) atoms. The molecule has 0 aromatic heterocycles. The van der Waals surface area contributed by atoms with E-state index >= 15 is 0 Å². The molecule has 0 aliphatic rings. The number of nitrogens with one attached hydrogen (secondary N) is 2. The summed E-state index contributed by atoms with van der Waals surface area (Å²) in [5.41, 5.74) is 2.41. The molecule has 0 aliphatic heterocycles. The Morgan fingerprint density at radius 3 is 1.76 bits per heavy atom. The highest BCUT2D eigenvalue weighted by Crippen LogP contribution is 2.26. The summed E-state index contributed by atoms with van der Waals surface area (Å²) in [7, 11) is 0. The van der Waals surface area contributed by atoms with Crippen LogP contribution in [0, 0.1) is 0 Å². The Bertz CT molecular complexity index is 1210. The van der Waals surface area contributed by atoms with Gasteiger partial charge in [0.25, 0.3) is 11.8 Å². The summed E-state index contributed by atoms with van der Waals surface area (Å²) in [5, 5.41) is 6.45. The minimum Gasteiger partial charge on any atom is -0.488 e. The molecule has 0 atom stereocenters. The average Bonchev–Trinajstić information content (AvgIpc) is 2.89. The van der Waals surface area contributed by atoms with Crippen molar-refractivity contribution in [3.05, 3.63) is 136 Å². The average molecular weight is 471 g/mol. The summed E-state index contributed by atoms with van der Waals surface area (Å²) in [6, 6.07) is 32.4. The van der Waals surface area contributed by atoms with Gasteiger partial charge in [-0.15, -0.1) is 0 Å². The van der Waals surface area contributed by atoms with E-state index in [2.05, 4.69) is 10.6 Å². The molecule has 0 spiro atoms. The molecule has 0 unspecified atom stereocenters. The van der Waals surface area contributed by atoms with E-state index in [1.54, 1.807) is 60.7 Å². The first-order valence-electron chi connectivity index (χ1n) is 10.8. The van der Waals surface area contributed by atoms with Crippen LogP contribution in [0.15, 0.2) is 109 Å². The molecule has 0 aliphatic carbocycles. The first kappa shape index (κ1) is 23.1. The lowest BCUT2D eigenvalue weighted by molar-refractivity contribution is 0.0882. The number of amides is 2. The van der Waals surface area contributed by atoms with Gasteiger partial charge in [-0.3, -0.25) is 9.59 Å². The van der Waals surface area contributed by atoms with E-state index in [0.717, 1.165) is 5.56 Å². The number of hydrogen-bond acceptors (Lipinski definition) is 3. The lowest BCUT2D eigenvalue weighted by Gasteiger charge is -2.23. The Balaban J connectivity index is 1.62. The summed E-state index contributed by atoms with van der Waals surface area (Å²) >= 11 is 6.27. The van der Waals surface area contributed by atoms with E-state index in [1.807, 2.05) is 48.5 Å². The van der Waals surface area contributed by atoms with Crippen LogP contribution >= 0.6 is 11.6 Å². The van der Waals surface area contributed by atoms with Crippen LogP contribution in [-0.2, 0) is 6.61 Å². The highest BCUT2D eigenvalue weighted by molar-refractivity contribution is 6.31. The lowest BCUT2D eigenvalue weighted by atomic mass is 10.1. The molecular weight excluding hydrogens is 448 g/mol. The van der Waals surface area contributed by atoms with Crippen LogP contribution in [0.3, 0.4) is 0 Å². The summed E-state index contributed by atoms with van der Waals surface area (Å²) in [6.07, 6.45) is -0.831. The third-order valence-corrected chi connectivity index (χ3v) is 5.56. The molecule has 0 heterocycles. The fourth-order valence-electron chi connectivity index (χ4n) is 3.42. The molecular formula is C28H23ClN2O3. The standard InChI is InChI=1S/C28H23ClN2O3/c29-24-17-9-7-15-22(24)19-34-25-18-10-8-16-23(25)26(30-27(32)20-11-3-1-4-12-20)31-28(33)21-13-5-2-6-14-21/h1-18,26H,19H2,(H,30,32)(H,31,33). The molecule has 0 saturated heterocycles. The smallest absolute Gasteiger partial charge is 0.253 e. The number of carbonyl (C=O) groups is 2. The van der Waals surface area contributed by atoms with Crippen LogP contribution in [0.5, 0.6) is 5.75 Å². The fraction of sp³-hybridized carbons (Fsp3) is 0.0714. The maximum atomic E-state index is 13.0. The molecule has 170 valence electrons. The zero-order valence-corrected chi connectivity index (χ0v) is 19.0. The maximum absolute atomic E-state index is 13.0. The second-order valence-electron chi connectivity index (χ2n) is 7.53. The van der Waals surface area contributed by atoms with Gasteiger partial charge in [0.15, 0.2) is 0 Å². The van der Waals surface area contributed by atoms with Gasteiger partial charge in [0.05, 0.1) is 0 Å². The molecule has 0 radical (unpaired) electrons. The Labute approximate surface area is 203 Å². The van der Waals surface area contributed by atoms with E-state index in [4.69, 9.17) is 16.3 Å². The van der Waals surface area contributed by atoms with Crippen molar-refractivity contribution in [3.63, 3.8) is 0 Å². The Kier molecular flexibility index (Phi) is 7.58. The van der Waals surface area contributed by atoms with Gasteiger partial charge in [0.1, 0.15) is 18.5 Å². The molecule has 2 amide bonds. The molecule has 4 aromatic rings. The van der Waals surface area contributed by atoms with Crippen molar-refractivity contribution in [1.82, 2.24) is 10.6 Å². The second kappa shape index (κ2) is 11.2. The summed E-state index contributed by atoms with van der Waals surface area (Å²) in [6.45, 7) is 0.239. The fourth-order valence-corrected chi connectivity index (χ4v) is 3.61. The monoisotopic (exact) mass is 470 g/mol. The van der Waals surface area contributed by atoms with Crippen molar-refractivity contribution in [3.8, 4) is 5.75 Å². The van der Waals surface area contributed by atoms with Gasteiger partial charge in [-0.1, -0.05) is 84.4 Å². The topological polar surface area (TPSA) is 67.4 Å². The maximum Gasteiger partial charge on any atom is 0.253 e. The van der Waals surface area contributed by atoms with Crippen molar-refractivity contribution in [1.29, 1.82) is 0 Å². The van der Waals surface area contributed by atoms with Crippen LogP contribution in [0.4, 0.5) is 0 Å². The van der Waals surface area contributed by atoms with Crippen LogP contribution in [-0.4, -0.2) is 11.8 Å². The van der Waals surface area contributed by atoms with Crippen molar-refractivity contribution >= 4 is 23.4 Å². The first-order chi connectivity index (χ1) is 16.6. The number of halogens is 1. The number of hydrogen-bond donors (Lipinski definition) is 2. The number of para-hydroxylation sites is 1. The van der Waals surface area contributed by atoms with Gasteiger partial charge >= 0.3 is 0 Å². The lowest BCUT2D eigenvalue weighted by Crippen LogP contribution is -2.41. The van der Waals surface area contributed by atoms with Crippen molar-refractivity contribution in [2.45, 2.75) is 12.8 Å². The third-order valence-electron chi connectivity index (χ3n) is 5.19. The molecule has 0 saturated carbocycles. The number of rotatable bonds is 8. The third kappa shape index (κ3) is 5.82. The largest absolute Gasteiger partial charge is 0.488 e. The highest BCUT2D eigenvalue weighted by atomic mass is 35.5. The SMILES string of the molecule is O=C(NC(NC(=O)c1ccccc1)c1ccccc1OCc1ccccc1Cl)c1ccccc1. The zero-order chi connectivity index (χ0) is 23.8. The zero-order valence-electron chi connectivity index (χ0n) is 18.3. The molecule has 0 fully saturated rings. The van der Waals surface area contributed by atoms with Crippen LogP contribution in [0.1, 0.15) is 38.0 Å². The molecule has 4 aromatic carbocycles. The number of benzene rings is 4. The van der Waals surface area contributed by atoms with Crippen molar-refractivity contribution in [2.75, 3.05) is 0 Å². The van der Waals surface area contributed by atoms with E-state index in [-0.39, 0.29) is 18.4 Å². The van der Waals surface area contributed by atoms with E-state index in [0.29, 0.717) is 27.5 Å². The number of carbonyl (C=O) groups excluding carboxylic acids is 2. The molecule has 2 N–H and O–H groups in total. The summed E-state index contributed by atoms with van der Waals surface area (Å²) in [4.78, 5) is 25.9. The van der Waals surface area contributed by atoms with E-state index < -0.39 is 6.17 Å². The highest BCUT2D eigenvalue weighted by Gasteiger charge is 2.22. The Morgan fingerprint density at radius 2 is 1.18 bits per heavy atom. The summed E-state index contributed by atoms with van der Waals surface area (Å²) < 4.78 is 6.07. The molecule has 0 bridgehead atoms. The summed E-state index contributed by atoms with van der Waals surface area (Å²) in [5.74, 6) is -0.117. The van der Waals surface area contributed by atoms with E-state index in [9.17, 15) is 9.59 Å². The predicted molar refractivity (Wildman–Crippen MR) is 133 cm³/mol. The van der Waals surface area contributed by atoms with Gasteiger partial charge in [-0.05, 0) is 36.4 Å². The second-order valence-corrected chi connectivity index (χ2v) is 7.94. The minimum atomic E-state index is -0.831. The quantitative estimate of drug-likeness (QED) is 0.321. The number of ether oxygens (including phenoxy) is 1. The van der Waals surface area contributed by atoms with Gasteiger partial charge in [-0.2, -0.15) is 0 Å². The first-order valence-corrected chi connectivity index (χ1v) is 11.2. The van der Waals surface area contributed by atoms with Gasteiger partial charge < -0.3 is 15.4 Å². The van der Waals surface area contributed by atoms with Crippen LogP contribution in [0.2, 0.25) is 5.02 Å². The van der Waals surface area contributed by atoms with E-state index in [1.165, 1.54) is 0 Å². The van der Waals surface area contributed by atoms with Crippen molar-refractivity contribution < 1.29 is 14.3 Å². The van der Waals surface area contributed by atoms with Crippen molar-refractivity contribution in [2.24, 2.45) is 0 Å². The molecule has 5 nitrogen and oxygen atoms in total. The normalized spacial score (nSPS) is 10.5. The van der Waals surface area contributed by atoms with Crippen LogP contribution in [0.25, 0.3) is 0 Å². The predicted octanol–water partition coefficient (Wildman–Crippen LogP) is 5.78. The minimum absolute atomic E-state index is 0.239. The van der Waals surface area contributed by atoms with Gasteiger partial charge in [-0.25, -0.2) is 0 Å². The van der Waals surface area contributed by atoms with Gasteiger partial charge in [0, 0.05) is 27.3 Å². The van der Waals surface area contributed by atoms with Crippen LogP contribution < -0.4 is 15.4 Å². The Morgan fingerprint density at radius 1 is 0.676 bits per heavy atom. The van der Waals surface area contributed by atoms with Gasteiger partial charge in [0.2, 0.25) is 0 Å². The Hall–Kier alpha value is -4.09. The molecule has 6 heteroatoms.